The van der Waals surface area contributed by atoms with Gasteiger partial charge in [-0.25, -0.2) is 0 Å². The Hall–Kier alpha value is 0.150. The van der Waals surface area contributed by atoms with E-state index < -0.39 is 26.9 Å². The van der Waals surface area contributed by atoms with Gasteiger partial charge in [0.05, 0.1) is 11.0 Å². The van der Waals surface area contributed by atoms with Crippen LogP contribution in [0.25, 0.3) is 0 Å². The molecule has 1 N–H and O–H groups in total. The van der Waals surface area contributed by atoms with Crippen molar-refractivity contribution >= 4 is 58.1 Å². The zero-order valence-electron chi connectivity index (χ0n) is 7.70. The van der Waals surface area contributed by atoms with E-state index in [1.54, 1.807) is 30.3 Å². The predicted molar refractivity (Wildman–Crippen MR) is 67.1 cm³/mol. The fourth-order valence-electron chi connectivity index (χ4n) is 1.07. The zero-order valence-corrected chi connectivity index (χ0v) is 9.41. The van der Waals surface area contributed by atoms with Crippen LogP contribution in [0.2, 0.25) is 0 Å². The van der Waals surface area contributed by atoms with Gasteiger partial charge in [-0.1, -0.05) is 30.3 Å². The molecule has 4 nitrogen and oxygen atoms in total. The second kappa shape index (κ2) is 6.78. The molecular weight excluding hydrogens is 259 g/mol. The molecule has 0 fully saturated rings. The van der Waals surface area contributed by atoms with E-state index in [9.17, 15) is 13.2 Å². The van der Waals surface area contributed by atoms with Crippen LogP contribution in [0.5, 0.6) is 0 Å². The van der Waals surface area contributed by atoms with Crippen LogP contribution in [0.4, 0.5) is 0 Å². The molecule has 0 saturated heterocycles. The molecule has 1 atom stereocenters. The first-order valence-corrected chi connectivity index (χ1v) is 6.25. The molecule has 0 saturated carbocycles. The molecule has 1 unspecified atom stereocenters. The van der Waals surface area contributed by atoms with Crippen molar-refractivity contribution in [3.05, 3.63) is 35.9 Å². The molecule has 0 aliphatic heterocycles. The number of hydrogen-bond acceptors (Lipinski definition) is 4. The first kappa shape index (κ1) is 16.1. The molecule has 0 aliphatic carbocycles. The van der Waals surface area contributed by atoms with E-state index in [1.165, 1.54) is 0 Å². The minimum absolute atomic E-state index is 0. The third-order valence-electron chi connectivity index (χ3n) is 1.73. The number of carbonyl (C=O) groups is 1. The molecule has 0 heterocycles. The van der Waals surface area contributed by atoms with Crippen LogP contribution in [-0.2, 0) is 10.1 Å². The van der Waals surface area contributed by atoms with E-state index in [0.717, 1.165) is 0 Å². The molecular formula is C9H11NaO4S2. The molecule has 84 valence electrons. The number of benzene rings is 1. The van der Waals surface area contributed by atoms with E-state index >= 15 is 0 Å². The SMILES string of the molecule is O=C(c1ccccc1)C(S)CS(=O)(=O)O.[NaH]. The minimum atomic E-state index is -4.17. The fraction of sp³-hybridized carbons (Fsp3) is 0.222. The number of rotatable bonds is 4. The van der Waals surface area contributed by atoms with Gasteiger partial charge in [0, 0.05) is 5.56 Å². The monoisotopic (exact) mass is 270 g/mol. The average Bonchev–Trinajstić information content (AvgIpc) is 2.15. The maximum atomic E-state index is 11.6. The Morgan fingerprint density at radius 3 is 2.25 bits per heavy atom. The number of carbonyl (C=O) groups excluding carboxylic acids is 1. The average molecular weight is 270 g/mol. The van der Waals surface area contributed by atoms with Gasteiger partial charge in [-0.3, -0.25) is 9.35 Å². The number of thiol groups is 1. The van der Waals surface area contributed by atoms with Crippen LogP contribution < -0.4 is 0 Å². The van der Waals surface area contributed by atoms with Gasteiger partial charge in [-0.15, -0.1) is 0 Å². The van der Waals surface area contributed by atoms with E-state index in [-0.39, 0.29) is 29.6 Å². The van der Waals surface area contributed by atoms with Crippen LogP contribution in [0, 0.1) is 0 Å². The molecule has 0 aliphatic rings. The molecule has 1 aromatic rings. The summed E-state index contributed by atoms with van der Waals surface area (Å²) in [6.07, 6.45) is 0. The topological polar surface area (TPSA) is 71.4 Å². The molecule has 1 rings (SSSR count). The summed E-state index contributed by atoms with van der Waals surface area (Å²) in [4.78, 5) is 11.6. The quantitative estimate of drug-likeness (QED) is 0.360. The number of Topliss-reactive ketones (excluding diaryl/α,β-unsaturated/α-hetero) is 1. The molecule has 1 aromatic carbocycles. The van der Waals surface area contributed by atoms with Crippen molar-refractivity contribution in [3.63, 3.8) is 0 Å². The summed E-state index contributed by atoms with van der Waals surface area (Å²) < 4.78 is 29.6. The van der Waals surface area contributed by atoms with Gasteiger partial charge < -0.3 is 0 Å². The van der Waals surface area contributed by atoms with E-state index in [0.29, 0.717) is 5.56 Å². The second-order valence-electron chi connectivity index (χ2n) is 2.99. The van der Waals surface area contributed by atoms with Crippen LogP contribution in [-0.4, -0.2) is 59.3 Å². The zero-order chi connectivity index (χ0) is 11.5. The van der Waals surface area contributed by atoms with E-state index in [4.69, 9.17) is 4.55 Å². The second-order valence-corrected chi connectivity index (χ2v) is 5.12. The Morgan fingerprint density at radius 2 is 1.81 bits per heavy atom. The Kier molecular flexibility index (Phi) is 6.84. The summed E-state index contributed by atoms with van der Waals surface area (Å²) in [5.74, 6) is -1.10. The van der Waals surface area contributed by atoms with Gasteiger partial charge >= 0.3 is 29.6 Å². The van der Waals surface area contributed by atoms with Crippen LogP contribution >= 0.6 is 12.6 Å². The van der Waals surface area contributed by atoms with Crippen molar-refractivity contribution in [1.29, 1.82) is 0 Å². The van der Waals surface area contributed by atoms with Crippen molar-refractivity contribution in [3.8, 4) is 0 Å². The van der Waals surface area contributed by atoms with Crippen molar-refractivity contribution in [2.75, 3.05) is 5.75 Å². The Morgan fingerprint density at radius 1 is 1.31 bits per heavy atom. The van der Waals surface area contributed by atoms with Gasteiger partial charge in [0.15, 0.2) is 5.78 Å². The molecule has 0 aromatic heterocycles. The Labute approximate surface area is 122 Å². The van der Waals surface area contributed by atoms with Crippen LogP contribution in [0.15, 0.2) is 30.3 Å². The molecule has 0 radical (unpaired) electrons. The van der Waals surface area contributed by atoms with Crippen molar-refractivity contribution in [2.45, 2.75) is 5.25 Å². The van der Waals surface area contributed by atoms with Gasteiger partial charge in [0.2, 0.25) is 0 Å². The normalized spacial score (nSPS) is 12.6. The molecule has 0 amide bonds. The van der Waals surface area contributed by atoms with Crippen molar-refractivity contribution in [2.24, 2.45) is 0 Å². The summed E-state index contributed by atoms with van der Waals surface area (Å²) in [5.41, 5.74) is 0.376. The molecule has 0 bridgehead atoms. The Bertz CT molecular complexity index is 444. The van der Waals surface area contributed by atoms with E-state index in [2.05, 4.69) is 12.6 Å². The molecule has 7 heteroatoms. The molecule has 16 heavy (non-hydrogen) atoms. The Balaban J connectivity index is 0.00000225. The summed E-state index contributed by atoms with van der Waals surface area (Å²) in [5, 5.41) is -1.04. The fourth-order valence-corrected chi connectivity index (χ4v) is 2.33. The van der Waals surface area contributed by atoms with Crippen LogP contribution in [0.3, 0.4) is 0 Å². The standard InChI is InChI=1S/C9H10O4S2.Na.H/c10-9(7-4-2-1-3-5-7)8(14)6-15(11,12)13;;/h1-5,8,14H,6H2,(H,11,12,13);;. The van der Waals surface area contributed by atoms with Gasteiger partial charge in [-0.05, 0) is 0 Å². The molecule has 0 spiro atoms. The first-order valence-electron chi connectivity index (χ1n) is 4.12. The third-order valence-corrected chi connectivity index (χ3v) is 3.15. The number of hydrogen-bond donors (Lipinski definition) is 2. The van der Waals surface area contributed by atoms with Crippen LogP contribution in [0.1, 0.15) is 10.4 Å². The van der Waals surface area contributed by atoms with Gasteiger partial charge in [0.25, 0.3) is 10.1 Å². The summed E-state index contributed by atoms with van der Waals surface area (Å²) in [6.45, 7) is 0. The summed E-state index contributed by atoms with van der Waals surface area (Å²) >= 11 is 3.84. The third kappa shape index (κ3) is 5.47. The van der Waals surface area contributed by atoms with Gasteiger partial charge in [0.1, 0.15) is 0 Å². The number of ketones is 1. The predicted octanol–water partition coefficient (Wildman–Crippen LogP) is 0.407. The van der Waals surface area contributed by atoms with Crippen molar-refractivity contribution < 1.29 is 17.8 Å². The van der Waals surface area contributed by atoms with E-state index in [1.807, 2.05) is 0 Å². The first-order chi connectivity index (χ1) is 6.90. The summed E-state index contributed by atoms with van der Waals surface area (Å²) in [6, 6.07) is 8.21. The summed E-state index contributed by atoms with van der Waals surface area (Å²) in [7, 11) is -4.17. The van der Waals surface area contributed by atoms with Gasteiger partial charge in [-0.2, -0.15) is 21.0 Å². The van der Waals surface area contributed by atoms with Crippen molar-refractivity contribution in [1.82, 2.24) is 0 Å². The maximum absolute atomic E-state index is 11.6.